The van der Waals surface area contributed by atoms with Crippen LogP contribution >= 0.6 is 0 Å². The molecule has 1 atom stereocenters. The van der Waals surface area contributed by atoms with Gasteiger partial charge in [-0.3, -0.25) is 4.79 Å². The summed E-state index contributed by atoms with van der Waals surface area (Å²) in [4.78, 5) is 11.6. The van der Waals surface area contributed by atoms with Crippen molar-refractivity contribution < 1.29 is 14.3 Å². The van der Waals surface area contributed by atoms with Gasteiger partial charge in [0.2, 0.25) is 0 Å². The van der Waals surface area contributed by atoms with E-state index in [-0.39, 0.29) is 5.78 Å². The first kappa shape index (κ1) is 12.2. The third-order valence-corrected chi connectivity index (χ3v) is 3.68. The molecule has 1 N–H and O–H groups in total. The van der Waals surface area contributed by atoms with Crippen LogP contribution in [0, 0.1) is 0 Å². The Morgan fingerprint density at radius 1 is 1.21 bits per heavy atom. The Morgan fingerprint density at radius 3 is 2.58 bits per heavy atom. The highest BCUT2D eigenvalue weighted by molar-refractivity contribution is 5.93. The Bertz CT molecular complexity index is 610. The van der Waals surface area contributed by atoms with Crippen LogP contribution in [0.25, 0.3) is 0 Å². The number of ketones is 1. The zero-order chi connectivity index (χ0) is 13.4. The van der Waals surface area contributed by atoms with Gasteiger partial charge >= 0.3 is 0 Å². The van der Waals surface area contributed by atoms with Crippen LogP contribution < -0.4 is 0 Å². The number of hydrogen-bond acceptors (Lipinski definition) is 3. The predicted molar refractivity (Wildman–Crippen MR) is 71.2 cm³/mol. The molecule has 19 heavy (non-hydrogen) atoms. The van der Waals surface area contributed by atoms with Gasteiger partial charge in [-0.2, -0.15) is 0 Å². The average molecular weight is 256 g/mol. The van der Waals surface area contributed by atoms with Crippen LogP contribution in [0.3, 0.4) is 0 Å². The molecule has 0 aliphatic heterocycles. The summed E-state index contributed by atoms with van der Waals surface area (Å²) < 4.78 is 5.67. The van der Waals surface area contributed by atoms with Crippen molar-refractivity contribution in [2.45, 2.75) is 32.3 Å². The first-order valence-corrected chi connectivity index (χ1v) is 6.57. The lowest BCUT2D eigenvalue weighted by Crippen LogP contribution is -2.00. The number of benzene rings is 1. The molecule has 1 unspecified atom stereocenters. The fourth-order valence-corrected chi connectivity index (χ4v) is 2.79. The number of aliphatic hydroxyl groups is 1. The molecule has 0 spiro atoms. The van der Waals surface area contributed by atoms with Gasteiger partial charge in [0.25, 0.3) is 0 Å². The number of carbonyl (C=O) groups excluding carboxylic acids is 1. The Hall–Kier alpha value is -1.87. The minimum Gasteiger partial charge on any atom is -0.454 e. The Morgan fingerprint density at radius 2 is 1.89 bits per heavy atom. The fraction of sp³-hybridized carbons (Fsp3) is 0.312. The quantitative estimate of drug-likeness (QED) is 0.859. The van der Waals surface area contributed by atoms with Gasteiger partial charge in [0.1, 0.15) is 11.9 Å². The van der Waals surface area contributed by atoms with Gasteiger partial charge in [0, 0.05) is 18.1 Å². The summed E-state index contributed by atoms with van der Waals surface area (Å²) in [7, 11) is 0. The van der Waals surface area contributed by atoms with Crippen molar-refractivity contribution >= 4 is 5.78 Å². The van der Waals surface area contributed by atoms with Crippen LogP contribution in [-0.2, 0) is 12.8 Å². The standard InChI is InChI=1S/C16H16O3/c1-10(17)15-12-8-5-9-13(12)16(19-15)14(18)11-6-3-2-4-7-11/h2-4,6-7,14,18H,5,8-9H2,1H3. The van der Waals surface area contributed by atoms with Crippen molar-refractivity contribution in [1.82, 2.24) is 0 Å². The van der Waals surface area contributed by atoms with E-state index in [0.29, 0.717) is 11.5 Å². The highest BCUT2D eigenvalue weighted by atomic mass is 16.4. The van der Waals surface area contributed by atoms with Crippen molar-refractivity contribution in [3.05, 3.63) is 58.5 Å². The van der Waals surface area contributed by atoms with Crippen molar-refractivity contribution in [2.24, 2.45) is 0 Å². The minimum absolute atomic E-state index is 0.0651. The van der Waals surface area contributed by atoms with E-state index in [4.69, 9.17) is 4.42 Å². The molecule has 1 aromatic heterocycles. The zero-order valence-electron chi connectivity index (χ0n) is 10.8. The molecule has 1 heterocycles. The Balaban J connectivity index is 2.07. The van der Waals surface area contributed by atoms with E-state index < -0.39 is 6.10 Å². The second-order valence-electron chi connectivity index (χ2n) is 4.98. The molecule has 0 saturated heterocycles. The average Bonchev–Trinajstić information content (AvgIpc) is 3.00. The van der Waals surface area contributed by atoms with Gasteiger partial charge in [-0.25, -0.2) is 0 Å². The molecule has 1 aromatic carbocycles. The monoisotopic (exact) mass is 256 g/mol. The van der Waals surface area contributed by atoms with Gasteiger partial charge in [-0.15, -0.1) is 0 Å². The second-order valence-corrected chi connectivity index (χ2v) is 4.98. The smallest absolute Gasteiger partial charge is 0.195 e. The van der Waals surface area contributed by atoms with Crippen LogP contribution in [0.1, 0.15) is 52.5 Å². The van der Waals surface area contributed by atoms with E-state index in [1.54, 1.807) is 0 Å². The number of Topliss-reactive ketones (excluding diaryl/α,β-unsaturated/α-hetero) is 1. The summed E-state index contributed by atoms with van der Waals surface area (Å²) in [5.74, 6) is 0.908. The molecule has 2 aromatic rings. The van der Waals surface area contributed by atoms with Gasteiger partial charge < -0.3 is 9.52 Å². The third kappa shape index (κ3) is 2.00. The lowest BCUT2D eigenvalue weighted by molar-refractivity contribution is 0.0977. The van der Waals surface area contributed by atoms with Crippen molar-refractivity contribution in [2.75, 3.05) is 0 Å². The van der Waals surface area contributed by atoms with Gasteiger partial charge in [-0.05, 0) is 24.8 Å². The van der Waals surface area contributed by atoms with E-state index in [9.17, 15) is 9.90 Å². The molecule has 0 amide bonds. The molecule has 0 radical (unpaired) electrons. The molecule has 3 rings (SSSR count). The Labute approximate surface area is 111 Å². The number of aliphatic hydroxyl groups excluding tert-OH is 1. The van der Waals surface area contributed by atoms with Crippen LogP contribution in [0.4, 0.5) is 0 Å². The summed E-state index contributed by atoms with van der Waals surface area (Å²) in [5.41, 5.74) is 2.82. The number of carbonyl (C=O) groups is 1. The maximum Gasteiger partial charge on any atom is 0.195 e. The van der Waals surface area contributed by atoms with Crippen LogP contribution in [-0.4, -0.2) is 10.9 Å². The zero-order valence-corrected chi connectivity index (χ0v) is 10.8. The highest BCUT2D eigenvalue weighted by Gasteiger charge is 2.29. The fourth-order valence-electron chi connectivity index (χ4n) is 2.79. The van der Waals surface area contributed by atoms with Gasteiger partial charge in [0.05, 0.1) is 0 Å². The molecular weight excluding hydrogens is 240 g/mol. The molecule has 0 bridgehead atoms. The SMILES string of the molecule is CC(=O)c1oc(C(O)c2ccccc2)c2c1CCC2. The summed E-state index contributed by atoms with van der Waals surface area (Å²) in [5, 5.41) is 10.4. The number of furan rings is 1. The minimum atomic E-state index is -0.791. The van der Waals surface area contributed by atoms with Crippen LogP contribution in [0.5, 0.6) is 0 Å². The number of fused-ring (bicyclic) bond motifs is 1. The van der Waals surface area contributed by atoms with Gasteiger partial charge in [0.15, 0.2) is 11.5 Å². The van der Waals surface area contributed by atoms with E-state index in [0.717, 1.165) is 36.0 Å². The van der Waals surface area contributed by atoms with Crippen LogP contribution in [0.2, 0.25) is 0 Å². The van der Waals surface area contributed by atoms with Crippen molar-refractivity contribution in [3.63, 3.8) is 0 Å². The molecule has 0 fully saturated rings. The third-order valence-electron chi connectivity index (χ3n) is 3.68. The first-order valence-electron chi connectivity index (χ1n) is 6.57. The lowest BCUT2D eigenvalue weighted by atomic mass is 10.0. The summed E-state index contributed by atoms with van der Waals surface area (Å²) >= 11 is 0. The van der Waals surface area contributed by atoms with Crippen molar-refractivity contribution in [3.8, 4) is 0 Å². The van der Waals surface area contributed by atoms with E-state index >= 15 is 0 Å². The topological polar surface area (TPSA) is 50.4 Å². The molecule has 1 aliphatic rings. The van der Waals surface area contributed by atoms with Crippen molar-refractivity contribution in [1.29, 1.82) is 0 Å². The van der Waals surface area contributed by atoms with E-state index in [2.05, 4.69) is 0 Å². The normalized spacial score (nSPS) is 15.3. The molecule has 3 nitrogen and oxygen atoms in total. The molecule has 0 saturated carbocycles. The lowest BCUT2D eigenvalue weighted by Gasteiger charge is -2.09. The van der Waals surface area contributed by atoms with E-state index in [1.165, 1.54) is 6.92 Å². The van der Waals surface area contributed by atoms with E-state index in [1.807, 2.05) is 30.3 Å². The number of hydrogen-bond donors (Lipinski definition) is 1. The first-order chi connectivity index (χ1) is 9.18. The summed E-state index contributed by atoms with van der Waals surface area (Å²) in [6, 6.07) is 9.40. The molecule has 98 valence electrons. The maximum absolute atomic E-state index is 11.6. The molecule has 1 aliphatic carbocycles. The summed E-state index contributed by atoms with van der Waals surface area (Å²) in [6.45, 7) is 1.51. The highest BCUT2D eigenvalue weighted by Crippen LogP contribution is 2.36. The van der Waals surface area contributed by atoms with Gasteiger partial charge in [-0.1, -0.05) is 30.3 Å². The Kier molecular flexibility index (Phi) is 2.99. The largest absolute Gasteiger partial charge is 0.454 e. The predicted octanol–water partition coefficient (Wildman–Crippen LogP) is 3.05. The number of rotatable bonds is 3. The second kappa shape index (κ2) is 4.67. The molecule has 3 heteroatoms. The molecular formula is C16H16O3. The summed E-state index contributed by atoms with van der Waals surface area (Å²) in [6.07, 6.45) is 1.98. The maximum atomic E-state index is 11.6. The van der Waals surface area contributed by atoms with Crippen LogP contribution in [0.15, 0.2) is 34.7 Å².